The Hall–Kier alpha value is -1.09. The first-order chi connectivity index (χ1) is 6.70. The van der Waals surface area contributed by atoms with Crippen LogP contribution in [0.3, 0.4) is 0 Å². The zero-order valence-electron chi connectivity index (χ0n) is 7.14. The largest absolute Gasteiger partial charge is 0.463 e. The lowest BCUT2D eigenvalue weighted by molar-refractivity contribution is 0.191. The van der Waals surface area contributed by atoms with Crippen LogP contribution in [0.5, 0.6) is 0 Å². The summed E-state index contributed by atoms with van der Waals surface area (Å²) in [6, 6.07) is 0. The Balaban J connectivity index is 2.40. The fourth-order valence-electron chi connectivity index (χ4n) is 1.39. The molecule has 1 aliphatic carbocycles. The molecule has 0 unspecified atom stereocenters. The molecule has 0 saturated heterocycles. The van der Waals surface area contributed by atoms with Crippen molar-refractivity contribution in [3.63, 3.8) is 0 Å². The molecule has 0 aromatic carbocycles. The van der Waals surface area contributed by atoms with Gasteiger partial charge in [-0.2, -0.15) is 0 Å². The van der Waals surface area contributed by atoms with Crippen LogP contribution in [-0.4, -0.2) is 6.43 Å². The van der Waals surface area contributed by atoms with Gasteiger partial charge in [0.1, 0.15) is 5.76 Å². The van der Waals surface area contributed by atoms with Crippen LogP contribution in [0.25, 0.3) is 0 Å². The Morgan fingerprint density at radius 3 is 2.93 bits per heavy atom. The first kappa shape index (κ1) is 9.46. The van der Waals surface area contributed by atoms with Crippen LogP contribution in [0.1, 0.15) is 6.42 Å². The van der Waals surface area contributed by atoms with E-state index in [-0.39, 0.29) is 10.6 Å². The highest BCUT2D eigenvalue weighted by Gasteiger charge is 2.25. The molecule has 1 heterocycles. The molecule has 0 amide bonds. The van der Waals surface area contributed by atoms with E-state index < -0.39 is 6.43 Å². The fraction of sp³-hybridized carbons (Fsp3) is 0.200. The van der Waals surface area contributed by atoms with Crippen LogP contribution in [0, 0.1) is 0 Å². The maximum Gasteiger partial charge on any atom is 0.265 e. The molecule has 0 aromatic heterocycles. The molecule has 0 bridgehead atoms. The third-order valence-corrected chi connectivity index (χ3v) is 2.47. The van der Waals surface area contributed by atoms with E-state index >= 15 is 0 Å². The van der Waals surface area contributed by atoms with Gasteiger partial charge in [-0.05, 0) is 12.5 Å². The van der Waals surface area contributed by atoms with Crippen LogP contribution >= 0.6 is 11.6 Å². The minimum absolute atomic E-state index is 0.0156. The quantitative estimate of drug-likeness (QED) is 0.652. The summed E-state index contributed by atoms with van der Waals surface area (Å²) in [5.41, 5.74) is 0.691. The number of ether oxygens (including phenoxy) is 1. The molecule has 2 aliphatic rings. The highest BCUT2D eigenvalue weighted by atomic mass is 35.5. The summed E-state index contributed by atoms with van der Waals surface area (Å²) in [4.78, 5) is 0. The molecule has 0 atom stereocenters. The lowest BCUT2D eigenvalue weighted by Gasteiger charge is -2.20. The molecule has 0 fully saturated rings. The second-order valence-corrected chi connectivity index (χ2v) is 3.32. The van der Waals surface area contributed by atoms with Gasteiger partial charge in [-0.15, -0.1) is 0 Å². The van der Waals surface area contributed by atoms with Gasteiger partial charge < -0.3 is 4.74 Å². The van der Waals surface area contributed by atoms with E-state index in [1.807, 2.05) is 0 Å². The Bertz CT molecular complexity index is 378. The summed E-state index contributed by atoms with van der Waals surface area (Å²) in [6.45, 7) is 0. The topological polar surface area (TPSA) is 9.23 Å². The predicted molar refractivity (Wildman–Crippen MR) is 49.9 cm³/mol. The monoisotopic (exact) mass is 216 g/mol. The van der Waals surface area contributed by atoms with Gasteiger partial charge >= 0.3 is 0 Å². The SMILES string of the molecule is FC(F)C1=CCC2=CC=COC2=C1Cl. The van der Waals surface area contributed by atoms with Gasteiger partial charge in [-0.1, -0.05) is 23.8 Å². The number of hydrogen-bond donors (Lipinski definition) is 0. The van der Waals surface area contributed by atoms with E-state index in [0.717, 1.165) is 5.57 Å². The van der Waals surface area contributed by atoms with E-state index in [1.54, 1.807) is 12.2 Å². The zero-order valence-corrected chi connectivity index (χ0v) is 7.89. The van der Waals surface area contributed by atoms with Crippen molar-refractivity contribution in [2.75, 3.05) is 0 Å². The van der Waals surface area contributed by atoms with Crippen LogP contribution < -0.4 is 0 Å². The lowest BCUT2D eigenvalue weighted by atomic mass is 9.99. The Morgan fingerprint density at radius 2 is 2.21 bits per heavy atom. The maximum absolute atomic E-state index is 12.4. The standard InChI is InChI=1S/C10H7ClF2O/c11-8-7(10(12)13)4-3-6-2-1-5-14-9(6)8/h1-2,4-5,10H,3H2. The predicted octanol–water partition coefficient (Wildman–Crippen LogP) is 3.50. The zero-order chi connectivity index (χ0) is 10.1. The first-order valence-corrected chi connectivity index (χ1v) is 4.49. The molecule has 74 valence electrons. The minimum atomic E-state index is -2.55. The summed E-state index contributed by atoms with van der Waals surface area (Å²) < 4.78 is 30.0. The van der Waals surface area contributed by atoms with Crippen molar-refractivity contribution in [3.05, 3.63) is 46.4 Å². The second kappa shape index (κ2) is 3.58. The summed E-state index contributed by atoms with van der Waals surface area (Å²) in [5.74, 6) is 0.354. The summed E-state index contributed by atoms with van der Waals surface area (Å²) in [6.07, 6.45) is 4.27. The van der Waals surface area contributed by atoms with Crippen LogP contribution in [0.15, 0.2) is 46.4 Å². The van der Waals surface area contributed by atoms with Crippen molar-refractivity contribution in [3.8, 4) is 0 Å². The van der Waals surface area contributed by atoms with Gasteiger partial charge in [-0.3, -0.25) is 0 Å². The normalized spacial score (nSPS) is 20.3. The van der Waals surface area contributed by atoms with E-state index in [1.165, 1.54) is 12.3 Å². The molecule has 1 nitrogen and oxygen atoms in total. The molecular formula is C10H7ClF2O. The average molecular weight is 217 g/mol. The second-order valence-electron chi connectivity index (χ2n) is 2.95. The Labute approximate surface area is 85.0 Å². The lowest BCUT2D eigenvalue weighted by Crippen LogP contribution is -2.08. The molecule has 4 heteroatoms. The molecule has 1 aliphatic heterocycles. The van der Waals surface area contributed by atoms with E-state index in [9.17, 15) is 8.78 Å². The molecule has 0 saturated carbocycles. The van der Waals surface area contributed by atoms with Crippen molar-refractivity contribution in [2.45, 2.75) is 12.8 Å². The average Bonchev–Trinajstić information content (AvgIpc) is 2.18. The van der Waals surface area contributed by atoms with Crippen LogP contribution in [0.2, 0.25) is 0 Å². The third kappa shape index (κ3) is 1.48. The highest BCUT2D eigenvalue weighted by Crippen LogP contribution is 2.36. The van der Waals surface area contributed by atoms with E-state index in [2.05, 4.69) is 0 Å². The van der Waals surface area contributed by atoms with Crippen molar-refractivity contribution >= 4 is 11.6 Å². The van der Waals surface area contributed by atoms with Gasteiger partial charge in [0.05, 0.1) is 11.3 Å². The van der Waals surface area contributed by atoms with Gasteiger partial charge in [0.15, 0.2) is 0 Å². The van der Waals surface area contributed by atoms with Gasteiger partial charge in [0, 0.05) is 11.1 Å². The van der Waals surface area contributed by atoms with E-state index in [4.69, 9.17) is 16.3 Å². The van der Waals surface area contributed by atoms with Crippen molar-refractivity contribution in [2.24, 2.45) is 0 Å². The Kier molecular flexibility index (Phi) is 2.42. The van der Waals surface area contributed by atoms with Crippen molar-refractivity contribution in [1.29, 1.82) is 0 Å². The molecule has 0 radical (unpaired) electrons. The molecular weight excluding hydrogens is 210 g/mol. The summed E-state index contributed by atoms with van der Waals surface area (Å²) in [7, 11) is 0. The number of allylic oxidation sites excluding steroid dienone is 6. The maximum atomic E-state index is 12.4. The molecule has 2 rings (SSSR count). The third-order valence-electron chi connectivity index (χ3n) is 2.08. The summed E-state index contributed by atoms with van der Waals surface area (Å²) in [5, 5.41) is 0.0156. The first-order valence-electron chi connectivity index (χ1n) is 4.11. The summed E-state index contributed by atoms with van der Waals surface area (Å²) >= 11 is 5.78. The number of halogens is 3. The molecule has 14 heavy (non-hydrogen) atoms. The van der Waals surface area contributed by atoms with Crippen molar-refractivity contribution < 1.29 is 13.5 Å². The number of fused-ring (bicyclic) bond motifs is 1. The van der Waals surface area contributed by atoms with Crippen molar-refractivity contribution in [1.82, 2.24) is 0 Å². The molecule has 0 N–H and O–H groups in total. The number of rotatable bonds is 1. The fourth-order valence-corrected chi connectivity index (χ4v) is 1.72. The molecule has 0 spiro atoms. The van der Waals surface area contributed by atoms with Crippen LogP contribution in [0.4, 0.5) is 8.78 Å². The molecule has 0 aromatic rings. The number of hydrogen-bond acceptors (Lipinski definition) is 1. The Morgan fingerprint density at radius 1 is 1.43 bits per heavy atom. The van der Waals surface area contributed by atoms with Crippen LogP contribution in [-0.2, 0) is 4.74 Å². The number of alkyl halides is 2. The minimum Gasteiger partial charge on any atom is -0.463 e. The van der Waals surface area contributed by atoms with Gasteiger partial charge in [0.2, 0.25) is 0 Å². The van der Waals surface area contributed by atoms with E-state index in [0.29, 0.717) is 12.2 Å². The smallest absolute Gasteiger partial charge is 0.265 e. The van der Waals surface area contributed by atoms with Gasteiger partial charge in [0.25, 0.3) is 6.43 Å². The highest BCUT2D eigenvalue weighted by molar-refractivity contribution is 6.32. The van der Waals surface area contributed by atoms with Gasteiger partial charge in [-0.25, -0.2) is 8.78 Å².